The molecule has 0 atom stereocenters. The average molecular weight is 302 g/mol. The fourth-order valence-electron chi connectivity index (χ4n) is 2.41. The minimum absolute atomic E-state index is 0.554. The lowest BCUT2D eigenvalue weighted by atomic mass is 10.2. The summed E-state index contributed by atoms with van der Waals surface area (Å²) >= 11 is 0. The van der Waals surface area contributed by atoms with E-state index < -0.39 is 0 Å². The zero-order valence-corrected chi connectivity index (χ0v) is 12.7. The fourth-order valence-corrected chi connectivity index (χ4v) is 2.41. The first kappa shape index (κ1) is 13.8. The molecule has 2 N–H and O–H groups in total. The standard InChI is InChI=1S/C19H18N4/c1-3-7-14(8-4-1)19-22-17(20-15-9-5-2-6-10-15)13-18(23-19)21-16-11-12-16/h1-10,13,16H,11-12H2,(H2,20,21,22,23). The highest BCUT2D eigenvalue weighted by Gasteiger charge is 2.22. The Balaban J connectivity index is 1.69. The molecule has 0 amide bonds. The fraction of sp³-hybridized carbons (Fsp3) is 0.158. The van der Waals surface area contributed by atoms with Gasteiger partial charge in [0.15, 0.2) is 5.82 Å². The van der Waals surface area contributed by atoms with E-state index in [2.05, 4.69) is 20.6 Å². The molecule has 1 aromatic heterocycles. The van der Waals surface area contributed by atoms with Crippen molar-refractivity contribution in [1.29, 1.82) is 0 Å². The highest BCUT2D eigenvalue weighted by molar-refractivity contribution is 5.65. The molecular formula is C19H18N4. The van der Waals surface area contributed by atoms with Crippen LogP contribution in [0.5, 0.6) is 0 Å². The lowest BCUT2D eigenvalue weighted by Crippen LogP contribution is -2.06. The van der Waals surface area contributed by atoms with Gasteiger partial charge in [-0.05, 0) is 25.0 Å². The van der Waals surface area contributed by atoms with E-state index in [9.17, 15) is 0 Å². The van der Waals surface area contributed by atoms with E-state index >= 15 is 0 Å². The van der Waals surface area contributed by atoms with Crippen LogP contribution >= 0.6 is 0 Å². The molecular weight excluding hydrogens is 284 g/mol. The van der Waals surface area contributed by atoms with Gasteiger partial charge in [0.2, 0.25) is 0 Å². The van der Waals surface area contributed by atoms with Gasteiger partial charge >= 0.3 is 0 Å². The molecule has 2 aromatic carbocycles. The molecule has 0 aliphatic heterocycles. The first-order chi connectivity index (χ1) is 11.4. The van der Waals surface area contributed by atoms with Crippen molar-refractivity contribution in [3.8, 4) is 11.4 Å². The van der Waals surface area contributed by atoms with Gasteiger partial charge in [0.05, 0.1) is 0 Å². The van der Waals surface area contributed by atoms with E-state index in [0.717, 1.165) is 28.7 Å². The summed E-state index contributed by atoms with van der Waals surface area (Å²) < 4.78 is 0. The monoisotopic (exact) mass is 302 g/mol. The summed E-state index contributed by atoms with van der Waals surface area (Å²) in [7, 11) is 0. The smallest absolute Gasteiger partial charge is 0.163 e. The van der Waals surface area contributed by atoms with Crippen molar-refractivity contribution in [3.05, 3.63) is 66.7 Å². The molecule has 0 spiro atoms. The molecule has 23 heavy (non-hydrogen) atoms. The Kier molecular flexibility index (Phi) is 3.64. The first-order valence-electron chi connectivity index (χ1n) is 7.90. The quantitative estimate of drug-likeness (QED) is 0.730. The minimum Gasteiger partial charge on any atom is -0.367 e. The molecule has 0 radical (unpaired) electrons. The Morgan fingerprint density at radius 2 is 1.43 bits per heavy atom. The zero-order chi connectivity index (χ0) is 15.5. The molecule has 1 fully saturated rings. The van der Waals surface area contributed by atoms with Gasteiger partial charge in [-0.3, -0.25) is 0 Å². The van der Waals surface area contributed by atoms with Crippen molar-refractivity contribution < 1.29 is 0 Å². The number of hydrogen-bond donors (Lipinski definition) is 2. The molecule has 1 heterocycles. The van der Waals surface area contributed by atoms with Crippen LogP contribution in [0.2, 0.25) is 0 Å². The number of nitrogens with zero attached hydrogens (tertiary/aromatic N) is 2. The molecule has 114 valence electrons. The topological polar surface area (TPSA) is 49.8 Å². The maximum atomic E-state index is 4.66. The molecule has 1 saturated carbocycles. The van der Waals surface area contributed by atoms with Crippen LogP contribution in [0.1, 0.15) is 12.8 Å². The number of hydrogen-bond acceptors (Lipinski definition) is 4. The van der Waals surface area contributed by atoms with Gasteiger partial charge in [-0.25, -0.2) is 9.97 Å². The van der Waals surface area contributed by atoms with Crippen molar-refractivity contribution >= 4 is 17.3 Å². The molecule has 4 nitrogen and oxygen atoms in total. The summed E-state index contributed by atoms with van der Waals surface area (Å²) in [6, 6.07) is 22.7. The highest BCUT2D eigenvalue weighted by Crippen LogP contribution is 2.27. The van der Waals surface area contributed by atoms with Crippen LogP contribution in [-0.4, -0.2) is 16.0 Å². The predicted molar refractivity (Wildman–Crippen MR) is 93.8 cm³/mol. The van der Waals surface area contributed by atoms with E-state index in [-0.39, 0.29) is 0 Å². The van der Waals surface area contributed by atoms with Crippen molar-refractivity contribution in [2.45, 2.75) is 18.9 Å². The normalized spacial score (nSPS) is 13.6. The number of rotatable bonds is 5. The SMILES string of the molecule is c1ccc(Nc2cc(NC3CC3)nc(-c3ccccc3)n2)cc1. The number of anilines is 3. The van der Waals surface area contributed by atoms with E-state index in [0.29, 0.717) is 6.04 Å². The Labute approximate surface area is 135 Å². The third-order valence-corrected chi connectivity index (χ3v) is 3.73. The van der Waals surface area contributed by atoms with E-state index in [1.54, 1.807) is 0 Å². The second kappa shape index (κ2) is 6.08. The van der Waals surface area contributed by atoms with Crippen LogP contribution in [0.3, 0.4) is 0 Å². The molecule has 1 aliphatic carbocycles. The summed E-state index contributed by atoms with van der Waals surface area (Å²) in [4.78, 5) is 9.33. The summed E-state index contributed by atoms with van der Waals surface area (Å²) in [6.07, 6.45) is 2.43. The van der Waals surface area contributed by atoms with Gasteiger partial charge in [0, 0.05) is 23.4 Å². The van der Waals surface area contributed by atoms with E-state index in [1.807, 2.05) is 66.7 Å². The Hall–Kier alpha value is -2.88. The van der Waals surface area contributed by atoms with Crippen LogP contribution < -0.4 is 10.6 Å². The molecule has 3 aromatic rings. The van der Waals surface area contributed by atoms with Crippen LogP contribution in [0.25, 0.3) is 11.4 Å². The van der Waals surface area contributed by atoms with Crippen molar-refractivity contribution in [1.82, 2.24) is 9.97 Å². The molecule has 1 aliphatic rings. The largest absolute Gasteiger partial charge is 0.367 e. The Bertz CT molecular complexity index is 783. The zero-order valence-electron chi connectivity index (χ0n) is 12.7. The third kappa shape index (κ3) is 3.48. The van der Waals surface area contributed by atoms with E-state index in [4.69, 9.17) is 0 Å². The highest BCUT2D eigenvalue weighted by atomic mass is 15.1. The lowest BCUT2D eigenvalue weighted by Gasteiger charge is -2.11. The van der Waals surface area contributed by atoms with Crippen molar-refractivity contribution in [2.75, 3.05) is 10.6 Å². The summed E-state index contributed by atoms with van der Waals surface area (Å²) in [5.41, 5.74) is 2.03. The minimum atomic E-state index is 0.554. The summed E-state index contributed by atoms with van der Waals surface area (Å²) in [5.74, 6) is 2.41. The summed E-state index contributed by atoms with van der Waals surface area (Å²) in [5, 5.41) is 6.82. The van der Waals surface area contributed by atoms with Crippen LogP contribution in [-0.2, 0) is 0 Å². The van der Waals surface area contributed by atoms with E-state index in [1.165, 1.54) is 12.8 Å². The van der Waals surface area contributed by atoms with Gasteiger partial charge in [-0.1, -0.05) is 48.5 Å². The Morgan fingerprint density at radius 1 is 0.783 bits per heavy atom. The maximum Gasteiger partial charge on any atom is 0.163 e. The van der Waals surface area contributed by atoms with Crippen LogP contribution in [0.15, 0.2) is 66.7 Å². The predicted octanol–water partition coefficient (Wildman–Crippen LogP) is 4.46. The van der Waals surface area contributed by atoms with Crippen LogP contribution in [0.4, 0.5) is 17.3 Å². The van der Waals surface area contributed by atoms with Gasteiger partial charge < -0.3 is 10.6 Å². The average Bonchev–Trinajstić information content (AvgIpc) is 3.40. The summed E-state index contributed by atoms with van der Waals surface area (Å²) in [6.45, 7) is 0. The number of nitrogens with one attached hydrogen (secondary N) is 2. The molecule has 0 saturated heterocycles. The first-order valence-corrected chi connectivity index (χ1v) is 7.90. The van der Waals surface area contributed by atoms with Crippen molar-refractivity contribution in [2.24, 2.45) is 0 Å². The molecule has 0 unspecified atom stereocenters. The second-order valence-electron chi connectivity index (χ2n) is 5.74. The molecule has 4 heteroatoms. The molecule has 4 rings (SSSR count). The van der Waals surface area contributed by atoms with Gasteiger partial charge in [0.1, 0.15) is 11.6 Å². The van der Waals surface area contributed by atoms with Gasteiger partial charge in [-0.2, -0.15) is 0 Å². The second-order valence-corrected chi connectivity index (χ2v) is 5.74. The lowest BCUT2D eigenvalue weighted by molar-refractivity contribution is 1.09. The molecule has 0 bridgehead atoms. The van der Waals surface area contributed by atoms with Crippen LogP contribution in [0, 0.1) is 0 Å². The Morgan fingerprint density at radius 3 is 2.13 bits per heavy atom. The third-order valence-electron chi connectivity index (χ3n) is 3.73. The van der Waals surface area contributed by atoms with Crippen molar-refractivity contribution in [3.63, 3.8) is 0 Å². The van der Waals surface area contributed by atoms with Gasteiger partial charge in [-0.15, -0.1) is 0 Å². The number of para-hydroxylation sites is 1. The van der Waals surface area contributed by atoms with Gasteiger partial charge in [0.25, 0.3) is 0 Å². The number of benzene rings is 2. The maximum absolute atomic E-state index is 4.66. The number of aromatic nitrogens is 2.